The van der Waals surface area contributed by atoms with Gasteiger partial charge in [-0.05, 0) is 18.2 Å². The van der Waals surface area contributed by atoms with E-state index in [1.54, 1.807) is 13.2 Å². The van der Waals surface area contributed by atoms with Crippen LogP contribution in [0.25, 0.3) is 0 Å². The summed E-state index contributed by atoms with van der Waals surface area (Å²) in [6, 6.07) is 5.38. The molecule has 56 valence electrons. The van der Waals surface area contributed by atoms with Gasteiger partial charge in [-0.2, -0.15) is 0 Å². The first kappa shape index (κ1) is 6.22. The number of ether oxygens (including phenoxy) is 1. The number of carbonyl (C=O) groups excluding carboxylic acids is 1. The van der Waals surface area contributed by atoms with Crippen LogP contribution in [0.4, 0.5) is 5.69 Å². The van der Waals surface area contributed by atoms with Crippen LogP contribution < -0.4 is 10.1 Å². The molecule has 0 radical (unpaired) electrons. The van der Waals surface area contributed by atoms with Crippen LogP contribution in [-0.2, 0) is 0 Å². The van der Waals surface area contributed by atoms with Crippen LogP contribution in [0.3, 0.4) is 0 Å². The Morgan fingerprint density at radius 1 is 1.45 bits per heavy atom. The van der Waals surface area contributed by atoms with Crippen molar-refractivity contribution in [2.45, 2.75) is 0 Å². The molecular formula is C8H7NO2. The normalized spacial score (nSPS) is 13.0. The number of carbonyl (C=O) groups is 1. The first-order chi connectivity index (χ1) is 5.31. The maximum atomic E-state index is 10.8. The maximum Gasteiger partial charge on any atom is 0.257 e. The Balaban J connectivity index is 2.48. The lowest BCUT2D eigenvalue weighted by atomic mass is 10.1. The molecule has 0 atom stereocenters. The van der Waals surface area contributed by atoms with Crippen molar-refractivity contribution in [1.29, 1.82) is 0 Å². The molecule has 1 aromatic rings. The van der Waals surface area contributed by atoms with Crippen molar-refractivity contribution < 1.29 is 9.53 Å². The van der Waals surface area contributed by atoms with Gasteiger partial charge >= 0.3 is 0 Å². The minimum atomic E-state index is -0.0288. The van der Waals surface area contributed by atoms with Gasteiger partial charge in [-0.1, -0.05) is 0 Å². The van der Waals surface area contributed by atoms with Crippen molar-refractivity contribution in [3.8, 4) is 5.75 Å². The van der Waals surface area contributed by atoms with Crippen LogP contribution in [0.15, 0.2) is 18.2 Å². The average molecular weight is 149 g/mol. The van der Waals surface area contributed by atoms with Gasteiger partial charge in [0.15, 0.2) is 0 Å². The third-order valence-electron chi connectivity index (χ3n) is 1.72. The number of anilines is 1. The van der Waals surface area contributed by atoms with Crippen molar-refractivity contribution in [2.75, 3.05) is 12.4 Å². The Hall–Kier alpha value is -1.51. The van der Waals surface area contributed by atoms with Gasteiger partial charge in [0.1, 0.15) is 5.75 Å². The lowest BCUT2D eigenvalue weighted by Gasteiger charge is -2.19. The van der Waals surface area contributed by atoms with Gasteiger partial charge in [0, 0.05) is 0 Å². The summed E-state index contributed by atoms with van der Waals surface area (Å²) in [5.74, 6) is 0.692. The largest absolute Gasteiger partial charge is 0.497 e. The Morgan fingerprint density at radius 2 is 2.27 bits per heavy atom. The van der Waals surface area contributed by atoms with E-state index in [0.29, 0.717) is 5.56 Å². The lowest BCUT2D eigenvalue weighted by molar-refractivity contribution is 0.101. The Labute approximate surface area is 64.0 Å². The summed E-state index contributed by atoms with van der Waals surface area (Å²) < 4.78 is 4.95. The lowest BCUT2D eigenvalue weighted by Crippen LogP contribution is -2.24. The van der Waals surface area contributed by atoms with Gasteiger partial charge in [-0.25, -0.2) is 0 Å². The van der Waals surface area contributed by atoms with E-state index in [9.17, 15) is 4.79 Å². The first-order valence-electron chi connectivity index (χ1n) is 3.30. The van der Waals surface area contributed by atoms with Gasteiger partial charge in [0.25, 0.3) is 5.91 Å². The molecule has 1 heterocycles. The molecule has 1 amide bonds. The van der Waals surface area contributed by atoms with Crippen molar-refractivity contribution in [3.63, 3.8) is 0 Å². The second-order valence-corrected chi connectivity index (χ2v) is 2.37. The van der Waals surface area contributed by atoms with Crippen LogP contribution in [-0.4, -0.2) is 13.0 Å². The number of fused-ring (bicyclic) bond motifs is 1. The minimum Gasteiger partial charge on any atom is -0.497 e. The highest BCUT2D eigenvalue weighted by Crippen LogP contribution is 2.28. The molecule has 0 fully saturated rings. The smallest absolute Gasteiger partial charge is 0.257 e. The zero-order valence-electron chi connectivity index (χ0n) is 6.05. The van der Waals surface area contributed by atoms with Crippen molar-refractivity contribution in [1.82, 2.24) is 0 Å². The van der Waals surface area contributed by atoms with Gasteiger partial charge in [0.2, 0.25) is 0 Å². The molecule has 3 heteroatoms. The Morgan fingerprint density at radius 3 is 2.91 bits per heavy atom. The highest BCUT2D eigenvalue weighted by Gasteiger charge is 2.22. The van der Waals surface area contributed by atoms with Crippen LogP contribution >= 0.6 is 0 Å². The van der Waals surface area contributed by atoms with Gasteiger partial charge in [-0.3, -0.25) is 4.79 Å². The van der Waals surface area contributed by atoms with Crippen LogP contribution in [0, 0.1) is 0 Å². The molecule has 1 aromatic carbocycles. The third-order valence-corrected chi connectivity index (χ3v) is 1.72. The van der Waals surface area contributed by atoms with Crippen LogP contribution in [0.2, 0.25) is 0 Å². The van der Waals surface area contributed by atoms with E-state index < -0.39 is 0 Å². The standard InChI is InChI=1S/C8H7NO2/c1-11-5-2-3-7-6(4-5)8(10)9-7/h2-4H,1H3,(H,9,10). The van der Waals surface area contributed by atoms with Crippen molar-refractivity contribution in [3.05, 3.63) is 23.8 Å². The molecule has 0 bridgehead atoms. The predicted molar refractivity (Wildman–Crippen MR) is 40.9 cm³/mol. The van der Waals surface area contributed by atoms with E-state index in [2.05, 4.69) is 5.32 Å². The summed E-state index contributed by atoms with van der Waals surface area (Å²) in [4.78, 5) is 10.8. The molecule has 1 aliphatic heterocycles. The van der Waals surface area contributed by atoms with Gasteiger partial charge < -0.3 is 10.1 Å². The average Bonchev–Trinajstić information content (AvgIpc) is 2.03. The van der Waals surface area contributed by atoms with Gasteiger partial charge in [-0.15, -0.1) is 0 Å². The SMILES string of the molecule is COc1ccc2c(c1)C(=O)N2. The molecular weight excluding hydrogens is 142 g/mol. The molecule has 0 unspecified atom stereocenters. The second-order valence-electron chi connectivity index (χ2n) is 2.37. The summed E-state index contributed by atoms with van der Waals surface area (Å²) in [6.45, 7) is 0. The quantitative estimate of drug-likeness (QED) is 0.652. The fourth-order valence-corrected chi connectivity index (χ4v) is 1.07. The molecule has 1 N–H and O–H groups in total. The molecule has 2 rings (SSSR count). The summed E-state index contributed by atoms with van der Waals surface area (Å²) in [5, 5.41) is 2.64. The zero-order valence-corrected chi connectivity index (χ0v) is 6.05. The Kier molecular flexibility index (Phi) is 1.12. The summed E-state index contributed by atoms with van der Waals surface area (Å²) in [6.07, 6.45) is 0. The second kappa shape index (κ2) is 1.99. The number of benzene rings is 1. The first-order valence-corrected chi connectivity index (χ1v) is 3.30. The van der Waals surface area contributed by atoms with E-state index >= 15 is 0 Å². The number of rotatable bonds is 1. The molecule has 0 spiro atoms. The molecule has 0 saturated heterocycles. The summed E-state index contributed by atoms with van der Waals surface area (Å²) >= 11 is 0. The van der Waals surface area contributed by atoms with E-state index in [1.807, 2.05) is 12.1 Å². The topological polar surface area (TPSA) is 38.3 Å². The van der Waals surface area contributed by atoms with Crippen molar-refractivity contribution in [2.24, 2.45) is 0 Å². The predicted octanol–water partition coefficient (Wildman–Crippen LogP) is 1.26. The number of amides is 1. The van der Waals surface area contributed by atoms with E-state index in [4.69, 9.17) is 4.74 Å². The molecule has 0 saturated carbocycles. The monoisotopic (exact) mass is 149 g/mol. The van der Waals surface area contributed by atoms with Gasteiger partial charge in [0.05, 0.1) is 18.4 Å². The number of hydrogen-bond donors (Lipinski definition) is 1. The third kappa shape index (κ3) is 0.774. The number of nitrogens with one attached hydrogen (secondary N) is 1. The molecule has 0 aromatic heterocycles. The fraction of sp³-hybridized carbons (Fsp3) is 0.125. The Bertz CT molecular complexity index is 320. The molecule has 1 aliphatic rings. The van der Waals surface area contributed by atoms with E-state index in [1.165, 1.54) is 0 Å². The van der Waals surface area contributed by atoms with E-state index in [0.717, 1.165) is 11.4 Å². The fourth-order valence-electron chi connectivity index (χ4n) is 1.07. The minimum absolute atomic E-state index is 0.0288. The van der Waals surface area contributed by atoms with E-state index in [-0.39, 0.29) is 5.91 Å². The van der Waals surface area contributed by atoms with Crippen LogP contribution in [0.1, 0.15) is 10.4 Å². The zero-order chi connectivity index (χ0) is 7.84. The molecule has 0 aliphatic carbocycles. The number of hydrogen-bond acceptors (Lipinski definition) is 2. The highest BCUT2D eigenvalue weighted by molar-refractivity contribution is 6.18. The molecule has 11 heavy (non-hydrogen) atoms. The molecule has 3 nitrogen and oxygen atoms in total. The van der Waals surface area contributed by atoms with Crippen LogP contribution in [0.5, 0.6) is 5.75 Å². The van der Waals surface area contributed by atoms with Crippen molar-refractivity contribution >= 4 is 11.6 Å². The maximum absolute atomic E-state index is 10.8. The number of methoxy groups -OCH3 is 1. The summed E-state index contributed by atoms with van der Waals surface area (Å²) in [5.41, 5.74) is 1.60. The highest BCUT2D eigenvalue weighted by atomic mass is 16.5. The summed E-state index contributed by atoms with van der Waals surface area (Å²) in [7, 11) is 1.58.